The lowest BCUT2D eigenvalue weighted by atomic mass is 9.98. The van der Waals surface area contributed by atoms with Gasteiger partial charge in [0.05, 0.1) is 5.92 Å². The van der Waals surface area contributed by atoms with Gasteiger partial charge in [-0.15, -0.1) is 0 Å². The molecular formula is C18H21NO2. The van der Waals surface area contributed by atoms with Gasteiger partial charge in [0.2, 0.25) is 0 Å². The summed E-state index contributed by atoms with van der Waals surface area (Å²) in [5.41, 5.74) is 3.21. The van der Waals surface area contributed by atoms with Crippen molar-refractivity contribution in [2.45, 2.75) is 25.8 Å². The monoisotopic (exact) mass is 283 g/mol. The molecule has 2 N–H and O–H groups in total. The standard InChI is InChI=1S/C18H21NO2/c1-13-8-10-15(11-9-13)14(2)19-12-17(18(20)21)16-6-4-3-5-7-16/h3-11,14,17,19H,12H2,1-2H3,(H,20,21). The molecule has 110 valence electrons. The number of nitrogens with one attached hydrogen (secondary N) is 1. The van der Waals surface area contributed by atoms with E-state index in [1.54, 1.807) is 0 Å². The Balaban J connectivity index is 2.02. The van der Waals surface area contributed by atoms with E-state index in [1.807, 2.05) is 30.3 Å². The Labute approximate surface area is 125 Å². The number of benzene rings is 2. The van der Waals surface area contributed by atoms with Gasteiger partial charge in [0.25, 0.3) is 0 Å². The van der Waals surface area contributed by atoms with Gasteiger partial charge in [-0.25, -0.2) is 0 Å². The summed E-state index contributed by atoms with van der Waals surface area (Å²) in [6.07, 6.45) is 0. The molecule has 21 heavy (non-hydrogen) atoms. The van der Waals surface area contributed by atoms with Crippen LogP contribution in [0.25, 0.3) is 0 Å². The summed E-state index contributed by atoms with van der Waals surface area (Å²) in [5.74, 6) is -1.33. The maximum atomic E-state index is 11.5. The molecule has 0 saturated carbocycles. The lowest BCUT2D eigenvalue weighted by Gasteiger charge is -2.19. The normalized spacial score (nSPS) is 13.6. The molecule has 2 unspecified atom stereocenters. The van der Waals surface area contributed by atoms with Crippen LogP contribution in [0.2, 0.25) is 0 Å². The maximum absolute atomic E-state index is 11.5. The van der Waals surface area contributed by atoms with Gasteiger partial charge in [-0.05, 0) is 25.0 Å². The Hall–Kier alpha value is -2.13. The molecule has 0 bridgehead atoms. The van der Waals surface area contributed by atoms with Gasteiger partial charge in [-0.1, -0.05) is 60.2 Å². The van der Waals surface area contributed by atoms with Crippen molar-refractivity contribution in [2.75, 3.05) is 6.54 Å². The number of rotatable bonds is 6. The molecule has 0 aromatic heterocycles. The van der Waals surface area contributed by atoms with Gasteiger partial charge in [-0.2, -0.15) is 0 Å². The predicted octanol–water partition coefficient (Wildman–Crippen LogP) is 3.51. The number of hydrogen-bond donors (Lipinski definition) is 2. The average molecular weight is 283 g/mol. The fourth-order valence-corrected chi connectivity index (χ4v) is 2.30. The number of aryl methyl sites for hydroxylation is 1. The van der Waals surface area contributed by atoms with Crippen LogP contribution in [-0.2, 0) is 4.79 Å². The van der Waals surface area contributed by atoms with E-state index in [0.717, 1.165) is 11.1 Å². The fraction of sp³-hybridized carbons (Fsp3) is 0.278. The van der Waals surface area contributed by atoms with Crippen molar-refractivity contribution in [3.8, 4) is 0 Å². The van der Waals surface area contributed by atoms with Crippen LogP contribution in [0.15, 0.2) is 54.6 Å². The summed E-state index contributed by atoms with van der Waals surface area (Å²) in [6, 6.07) is 17.8. The third-order valence-electron chi connectivity index (χ3n) is 3.71. The molecule has 0 aliphatic carbocycles. The number of aliphatic carboxylic acids is 1. The Morgan fingerprint density at radius 2 is 1.67 bits per heavy atom. The Morgan fingerprint density at radius 1 is 1.05 bits per heavy atom. The van der Waals surface area contributed by atoms with Crippen molar-refractivity contribution in [2.24, 2.45) is 0 Å². The van der Waals surface area contributed by atoms with Crippen molar-refractivity contribution < 1.29 is 9.90 Å². The molecule has 0 radical (unpaired) electrons. The van der Waals surface area contributed by atoms with Gasteiger partial charge in [0, 0.05) is 12.6 Å². The molecule has 0 heterocycles. The Kier molecular flexibility index (Phi) is 5.12. The molecule has 0 aliphatic heterocycles. The molecule has 2 aromatic rings. The first-order chi connectivity index (χ1) is 10.1. The minimum absolute atomic E-state index is 0.121. The SMILES string of the molecule is Cc1ccc(C(C)NCC(C(=O)O)c2ccccc2)cc1. The zero-order chi connectivity index (χ0) is 15.2. The molecule has 0 saturated heterocycles. The maximum Gasteiger partial charge on any atom is 0.312 e. The third-order valence-corrected chi connectivity index (χ3v) is 3.71. The largest absolute Gasteiger partial charge is 0.481 e. The van der Waals surface area contributed by atoms with Crippen LogP contribution >= 0.6 is 0 Å². The lowest BCUT2D eigenvalue weighted by Crippen LogP contribution is -2.28. The zero-order valence-electron chi connectivity index (χ0n) is 12.4. The van der Waals surface area contributed by atoms with E-state index < -0.39 is 11.9 Å². The summed E-state index contributed by atoms with van der Waals surface area (Å²) in [5, 5.41) is 12.7. The van der Waals surface area contributed by atoms with Crippen LogP contribution in [0.5, 0.6) is 0 Å². The van der Waals surface area contributed by atoms with Crippen LogP contribution in [0.1, 0.15) is 35.6 Å². The third kappa shape index (κ3) is 4.17. The predicted molar refractivity (Wildman–Crippen MR) is 84.4 cm³/mol. The van der Waals surface area contributed by atoms with Crippen LogP contribution in [0, 0.1) is 6.92 Å². The molecule has 0 spiro atoms. The smallest absolute Gasteiger partial charge is 0.312 e. The second-order valence-electron chi connectivity index (χ2n) is 5.34. The highest BCUT2D eigenvalue weighted by molar-refractivity contribution is 5.76. The molecular weight excluding hydrogens is 262 g/mol. The van der Waals surface area contributed by atoms with Crippen molar-refractivity contribution in [3.63, 3.8) is 0 Å². The summed E-state index contributed by atoms with van der Waals surface area (Å²) in [7, 11) is 0. The van der Waals surface area contributed by atoms with Crippen LogP contribution in [0.4, 0.5) is 0 Å². The average Bonchev–Trinajstić information content (AvgIpc) is 2.48. The summed E-state index contributed by atoms with van der Waals surface area (Å²) in [4.78, 5) is 11.5. The van der Waals surface area contributed by atoms with E-state index in [-0.39, 0.29) is 6.04 Å². The molecule has 3 heteroatoms. The number of carboxylic acids is 1. The molecule has 3 nitrogen and oxygen atoms in total. The van der Waals surface area contributed by atoms with Crippen LogP contribution in [-0.4, -0.2) is 17.6 Å². The number of hydrogen-bond acceptors (Lipinski definition) is 2. The summed E-state index contributed by atoms with van der Waals surface area (Å²) < 4.78 is 0. The highest BCUT2D eigenvalue weighted by Gasteiger charge is 2.20. The van der Waals surface area contributed by atoms with Gasteiger partial charge in [0.15, 0.2) is 0 Å². The van der Waals surface area contributed by atoms with Crippen LogP contribution < -0.4 is 5.32 Å². The highest BCUT2D eigenvalue weighted by Crippen LogP contribution is 2.18. The van der Waals surface area contributed by atoms with Gasteiger partial charge < -0.3 is 10.4 Å². The van der Waals surface area contributed by atoms with Crippen molar-refractivity contribution >= 4 is 5.97 Å². The summed E-state index contributed by atoms with van der Waals surface area (Å²) >= 11 is 0. The molecule has 0 amide bonds. The molecule has 2 atom stereocenters. The van der Waals surface area contributed by atoms with E-state index in [1.165, 1.54) is 5.56 Å². The number of carbonyl (C=O) groups is 1. The highest BCUT2D eigenvalue weighted by atomic mass is 16.4. The quantitative estimate of drug-likeness (QED) is 0.853. The Morgan fingerprint density at radius 3 is 2.24 bits per heavy atom. The van der Waals surface area contributed by atoms with Gasteiger partial charge in [-0.3, -0.25) is 4.79 Å². The molecule has 2 rings (SSSR count). The second kappa shape index (κ2) is 7.04. The van der Waals surface area contributed by atoms with Gasteiger partial charge in [0.1, 0.15) is 0 Å². The Bertz CT molecular complexity index is 578. The molecule has 0 aliphatic rings. The van der Waals surface area contributed by atoms with Crippen LogP contribution in [0.3, 0.4) is 0 Å². The topological polar surface area (TPSA) is 49.3 Å². The van der Waals surface area contributed by atoms with E-state index in [2.05, 4.69) is 43.4 Å². The molecule has 0 fully saturated rings. The second-order valence-corrected chi connectivity index (χ2v) is 5.34. The van der Waals surface area contributed by atoms with E-state index >= 15 is 0 Å². The first kappa shape index (κ1) is 15.3. The zero-order valence-corrected chi connectivity index (χ0v) is 12.4. The molecule has 2 aromatic carbocycles. The van der Waals surface area contributed by atoms with E-state index in [9.17, 15) is 9.90 Å². The minimum atomic E-state index is -0.801. The van der Waals surface area contributed by atoms with Crippen molar-refractivity contribution in [3.05, 3.63) is 71.3 Å². The van der Waals surface area contributed by atoms with Gasteiger partial charge >= 0.3 is 5.97 Å². The first-order valence-electron chi connectivity index (χ1n) is 7.15. The van der Waals surface area contributed by atoms with Crippen molar-refractivity contribution in [1.82, 2.24) is 5.32 Å². The van der Waals surface area contributed by atoms with E-state index in [0.29, 0.717) is 6.54 Å². The fourth-order valence-electron chi connectivity index (χ4n) is 2.30. The first-order valence-corrected chi connectivity index (χ1v) is 7.15. The van der Waals surface area contributed by atoms with Crippen molar-refractivity contribution in [1.29, 1.82) is 0 Å². The number of carboxylic acid groups (broad SMARTS) is 1. The minimum Gasteiger partial charge on any atom is -0.481 e. The lowest BCUT2D eigenvalue weighted by molar-refractivity contribution is -0.138. The summed E-state index contributed by atoms with van der Waals surface area (Å²) in [6.45, 7) is 4.51. The van der Waals surface area contributed by atoms with E-state index in [4.69, 9.17) is 0 Å².